The minimum atomic E-state index is 0. The normalized spacial score (nSPS) is 13.5. The van der Waals surface area contributed by atoms with Crippen LogP contribution in [0.2, 0.25) is 0 Å². The van der Waals surface area contributed by atoms with Gasteiger partial charge in [0.2, 0.25) is 0 Å². The Morgan fingerprint density at radius 3 is 2.06 bits per heavy atom. The molecule has 0 aromatic carbocycles. The van der Waals surface area contributed by atoms with Crippen molar-refractivity contribution in [3.63, 3.8) is 0 Å². The third-order valence-electron chi connectivity index (χ3n) is 3.15. The zero-order chi connectivity index (χ0) is 13.8. The highest BCUT2D eigenvalue weighted by Crippen LogP contribution is 2.02. The molecule has 1 atom stereocenters. The summed E-state index contributed by atoms with van der Waals surface area (Å²) in [6.45, 7) is 15.1. The molecule has 1 unspecified atom stereocenters. The van der Waals surface area contributed by atoms with Gasteiger partial charge in [0.25, 0.3) is 0 Å². The molecule has 0 aliphatic rings. The van der Waals surface area contributed by atoms with Crippen molar-refractivity contribution >= 4 is 0 Å². The monoisotopic (exact) mass is 261 g/mol. The van der Waals surface area contributed by atoms with E-state index in [9.17, 15) is 0 Å². The van der Waals surface area contributed by atoms with E-state index < -0.39 is 0 Å². The van der Waals surface area contributed by atoms with E-state index in [-0.39, 0.29) is 1.43 Å². The molecule has 1 N–H and O–H groups in total. The highest BCUT2D eigenvalue weighted by Gasteiger charge is 2.04. The molecule has 112 valence electrons. The van der Waals surface area contributed by atoms with E-state index in [1.54, 1.807) is 0 Å². The smallest absolute Gasteiger partial charge is 0.0701 e. The molecule has 0 rings (SSSR count). The number of hydrogen-bond acceptors (Lipinski definition) is 3. The lowest BCUT2D eigenvalue weighted by Gasteiger charge is -2.17. The number of rotatable bonds is 12. The molecule has 18 heavy (non-hydrogen) atoms. The fraction of sp³-hybridized carbons (Fsp3) is 1.00. The molecule has 0 fully saturated rings. The van der Waals surface area contributed by atoms with Crippen molar-refractivity contribution < 1.29 is 10.9 Å². The maximum Gasteiger partial charge on any atom is 0.0701 e. The van der Waals surface area contributed by atoms with Crippen LogP contribution in [-0.2, 0) is 9.47 Å². The molecule has 3 nitrogen and oxygen atoms in total. The Labute approximate surface area is 115 Å². The molecule has 0 aromatic heterocycles. The maximum atomic E-state index is 5.50. The first kappa shape index (κ1) is 17.9. The van der Waals surface area contributed by atoms with E-state index in [1.807, 2.05) is 0 Å². The van der Waals surface area contributed by atoms with Crippen LogP contribution >= 0.6 is 0 Å². The second-order valence-electron chi connectivity index (χ2n) is 5.75. The van der Waals surface area contributed by atoms with Crippen molar-refractivity contribution in [2.24, 2.45) is 11.8 Å². The van der Waals surface area contributed by atoms with Gasteiger partial charge in [0.15, 0.2) is 0 Å². The molecule has 0 aliphatic carbocycles. The molecule has 0 saturated carbocycles. The average Bonchev–Trinajstić information content (AvgIpc) is 2.30. The van der Waals surface area contributed by atoms with Gasteiger partial charge in [-0.3, -0.25) is 0 Å². The Morgan fingerprint density at radius 1 is 0.889 bits per heavy atom. The van der Waals surface area contributed by atoms with Gasteiger partial charge in [-0.15, -0.1) is 0 Å². The van der Waals surface area contributed by atoms with Gasteiger partial charge in [-0.05, 0) is 31.6 Å². The summed E-state index contributed by atoms with van der Waals surface area (Å²) in [5.41, 5.74) is 0. The van der Waals surface area contributed by atoms with Crippen molar-refractivity contribution in [1.29, 1.82) is 0 Å². The lowest BCUT2D eigenvalue weighted by atomic mass is 10.1. The van der Waals surface area contributed by atoms with Gasteiger partial charge >= 0.3 is 0 Å². The summed E-state index contributed by atoms with van der Waals surface area (Å²) < 4.78 is 11.0. The first-order valence-electron chi connectivity index (χ1n) is 7.43. The summed E-state index contributed by atoms with van der Waals surface area (Å²) in [7, 11) is 0. The molecule has 0 radical (unpaired) electrons. The summed E-state index contributed by atoms with van der Waals surface area (Å²) in [6.07, 6.45) is 2.41. The van der Waals surface area contributed by atoms with E-state index in [0.717, 1.165) is 38.7 Å². The second-order valence-corrected chi connectivity index (χ2v) is 5.75. The van der Waals surface area contributed by atoms with Crippen molar-refractivity contribution in [3.05, 3.63) is 0 Å². The summed E-state index contributed by atoms with van der Waals surface area (Å²) in [6, 6.07) is 0.556. The minimum Gasteiger partial charge on any atom is -0.379 e. The van der Waals surface area contributed by atoms with Crippen LogP contribution in [0.5, 0.6) is 0 Å². The van der Waals surface area contributed by atoms with Gasteiger partial charge in [0.05, 0.1) is 19.8 Å². The fourth-order valence-corrected chi connectivity index (χ4v) is 1.51. The standard InChI is InChI=1S/C15H33NO2.H2/c1-13(2)7-6-9-17-11-12-18-10-8-16-15(5)14(3)4;/h13-16H,6-12H2,1-5H3;1H. The number of nitrogens with one attached hydrogen (secondary N) is 1. The number of hydrogen-bond donors (Lipinski definition) is 1. The van der Waals surface area contributed by atoms with Crippen LogP contribution in [0.25, 0.3) is 0 Å². The molecule has 3 heteroatoms. The van der Waals surface area contributed by atoms with Gasteiger partial charge < -0.3 is 14.8 Å². The van der Waals surface area contributed by atoms with E-state index in [1.165, 1.54) is 6.42 Å². The fourth-order valence-electron chi connectivity index (χ4n) is 1.51. The van der Waals surface area contributed by atoms with E-state index in [2.05, 4.69) is 39.9 Å². The van der Waals surface area contributed by atoms with Crippen LogP contribution in [0, 0.1) is 11.8 Å². The Balaban J connectivity index is 0. The summed E-state index contributed by atoms with van der Waals surface area (Å²) in [4.78, 5) is 0. The Morgan fingerprint density at radius 2 is 1.50 bits per heavy atom. The largest absolute Gasteiger partial charge is 0.379 e. The topological polar surface area (TPSA) is 30.5 Å². The Hall–Kier alpha value is -0.120. The third-order valence-corrected chi connectivity index (χ3v) is 3.15. The van der Waals surface area contributed by atoms with Crippen LogP contribution in [0.1, 0.15) is 48.9 Å². The molecular formula is C15H35NO2. The Kier molecular flexibility index (Phi) is 11.9. The average molecular weight is 261 g/mol. The van der Waals surface area contributed by atoms with E-state index in [0.29, 0.717) is 18.6 Å². The first-order valence-corrected chi connectivity index (χ1v) is 7.43. The molecule has 0 spiro atoms. The lowest BCUT2D eigenvalue weighted by molar-refractivity contribution is 0.0459. The molecular weight excluding hydrogens is 226 g/mol. The van der Waals surface area contributed by atoms with Gasteiger partial charge in [-0.2, -0.15) is 0 Å². The van der Waals surface area contributed by atoms with Gasteiger partial charge in [-0.25, -0.2) is 0 Å². The molecule has 0 aliphatic heterocycles. The van der Waals surface area contributed by atoms with Gasteiger partial charge in [-0.1, -0.05) is 27.7 Å². The van der Waals surface area contributed by atoms with Gasteiger partial charge in [0.1, 0.15) is 0 Å². The van der Waals surface area contributed by atoms with Gasteiger partial charge in [0, 0.05) is 20.6 Å². The summed E-state index contributed by atoms with van der Waals surface area (Å²) >= 11 is 0. The quantitative estimate of drug-likeness (QED) is 0.547. The summed E-state index contributed by atoms with van der Waals surface area (Å²) in [5, 5.41) is 3.44. The van der Waals surface area contributed by atoms with E-state index >= 15 is 0 Å². The first-order chi connectivity index (χ1) is 8.54. The molecule has 0 saturated heterocycles. The predicted octanol–water partition coefficient (Wildman–Crippen LogP) is 3.34. The van der Waals surface area contributed by atoms with Crippen molar-refractivity contribution in [2.45, 2.75) is 53.5 Å². The highest BCUT2D eigenvalue weighted by atomic mass is 16.5. The lowest BCUT2D eigenvalue weighted by Crippen LogP contribution is -2.33. The maximum absolute atomic E-state index is 5.50. The molecule has 0 heterocycles. The zero-order valence-corrected chi connectivity index (χ0v) is 13.0. The minimum absolute atomic E-state index is 0. The molecule has 0 bridgehead atoms. The molecule has 0 amide bonds. The van der Waals surface area contributed by atoms with Crippen LogP contribution in [0.4, 0.5) is 0 Å². The summed E-state index contributed by atoms with van der Waals surface area (Å²) in [5.74, 6) is 1.45. The SMILES string of the molecule is CC(C)CCCOCCOCCNC(C)C(C)C.[HH]. The number of ether oxygens (including phenoxy) is 2. The predicted molar refractivity (Wildman–Crippen MR) is 80.1 cm³/mol. The van der Waals surface area contributed by atoms with Crippen molar-refractivity contribution in [3.8, 4) is 0 Å². The van der Waals surface area contributed by atoms with Crippen LogP contribution in [0.15, 0.2) is 0 Å². The molecule has 0 aromatic rings. The highest BCUT2D eigenvalue weighted by molar-refractivity contribution is 4.63. The van der Waals surface area contributed by atoms with Crippen LogP contribution < -0.4 is 5.32 Å². The van der Waals surface area contributed by atoms with E-state index in [4.69, 9.17) is 9.47 Å². The van der Waals surface area contributed by atoms with Crippen LogP contribution in [-0.4, -0.2) is 39.0 Å². The Bertz CT molecular complexity index is 178. The van der Waals surface area contributed by atoms with Crippen molar-refractivity contribution in [2.75, 3.05) is 33.0 Å². The van der Waals surface area contributed by atoms with Crippen LogP contribution in [0.3, 0.4) is 0 Å². The second kappa shape index (κ2) is 11.9. The van der Waals surface area contributed by atoms with Crippen molar-refractivity contribution in [1.82, 2.24) is 5.32 Å². The zero-order valence-electron chi connectivity index (χ0n) is 13.0. The third kappa shape index (κ3) is 12.3.